The molecule has 0 nitrogen and oxygen atoms in total. The summed E-state index contributed by atoms with van der Waals surface area (Å²) in [5.74, 6) is 0.737. The van der Waals surface area contributed by atoms with E-state index in [4.69, 9.17) is 0 Å². The molecule has 0 fully saturated rings. The molecular formula is C14H16. The maximum atomic E-state index is 2.30. The summed E-state index contributed by atoms with van der Waals surface area (Å²) >= 11 is 0. The van der Waals surface area contributed by atoms with E-state index in [0.717, 1.165) is 5.92 Å². The van der Waals surface area contributed by atoms with E-state index in [1.807, 2.05) is 0 Å². The molecular weight excluding hydrogens is 168 g/mol. The SMILES string of the molecule is CC(C)Cc1cc2cccccc-2c1. The molecule has 0 aromatic rings. The van der Waals surface area contributed by atoms with Crippen molar-refractivity contribution in [3.05, 3.63) is 48.0 Å². The van der Waals surface area contributed by atoms with Crippen LogP contribution in [0.4, 0.5) is 0 Å². The van der Waals surface area contributed by atoms with Gasteiger partial charge in [-0.15, -0.1) is 0 Å². The highest BCUT2D eigenvalue weighted by Crippen LogP contribution is 2.26. The first-order valence-electron chi connectivity index (χ1n) is 5.23. The quantitative estimate of drug-likeness (QED) is 0.662. The van der Waals surface area contributed by atoms with Crippen LogP contribution in [0.2, 0.25) is 0 Å². The Morgan fingerprint density at radius 2 is 1.50 bits per heavy atom. The summed E-state index contributed by atoms with van der Waals surface area (Å²) in [5, 5.41) is 0. The summed E-state index contributed by atoms with van der Waals surface area (Å²) in [7, 11) is 0. The lowest BCUT2D eigenvalue weighted by Crippen LogP contribution is -1.90. The highest BCUT2D eigenvalue weighted by molar-refractivity contribution is 5.67. The van der Waals surface area contributed by atoms with Crippen molar-refractivity contribution in [2.75, 3.05) is 0 Å². The van der Waals surface area contributed by atoms with Gasteiger partial charge in [-0.1, -0.05) is 56.3 Å². The van der Waals surface area contributed by atoms with Gasteiger partial charge in [-0.3, -0.25) is 0 Å². The van der Waals surface area contributed by atoms with Gasteiger partial charge >= 0.3 is 0 Å². The van der Waals surface area contributed by atoms with Crippen LogP contribution >= 0.6 is 0 Å². The average molecular weight is 184 g/mol. The fraction of sp³-hybridized carbons (Fsp3) is 0.286. The molecule has 0 bridgehead atoms. The molecule has 0 atom stereocenters. The van der Waals surface area contributed by atoms with E-state index in [1.165, 1.54) is 23.1 Å². The Balaban J connectivity index is 2.38. The van der Waals surface area contributed by atoms with E-state index in [1.54, 1.807) is 0 Å². The van der Waals surface area contributed by atoms with Crippen molar-refractivity contribution in [2.24, 2.45) is 5.92 Å². The van der Waals surface area contributed by atoms with Crippen molar-refractivity contribution < 1.29 is 0 Å². The van der Waals surface area contributed by atoms with Gasteiger partial charge in [0.25, 0.3) is 0 Å². The van der Waals surface area contributed by atoms with Crippen LogP contribution in [0.25, 0.3) is 11.1 Å². The standard InChI is InChI=1S/C14H16/c1-11(2)8-12-9-13-6-4-3-5-7-14(13)10-12/h3-7,9-11H,8H2,1-2H3. The van der Waals surface area contributed by atoms with Crippen LogP contribution in [0, 0.1) is 5.92 Å². The van der Waals surface area contributed by atoms with Crippen LogP contribution in [0.15, 0.2) is 42.5 Å². The lowest BCUT2D eigenvalue weighted by Gasteiger charge is -1.99. The predicted octanol–water partition coefficient (Wildman–Crippen LogP) is 3.99. The van der Waals surface area contributed by atoms with E-state index in [0.29, 0.717) is 0 Å². The highest BCUT2D eigenvalue weighted by Gasteiger charge is 2.05. The minimum absolute atomic E-state index is 0.737. The van der Waals surface area contributed by atoms with E-state index in [2.05, 4.69) is 56.3 Å². The molecule has 0 radical (unpaired) electrons. The van der Waals surface area contributed by atoms with Crippen LogP contribution in [-0.2, 0) is 6.42 Å². The van der Waals surface area contributed by atoms with E-state index in [-0.39, 0.29) is 0 Å². The fourth-order valence-electron chi connectivity index (χ4n) is 1.87. The molecule has 14 heavy (non-hydrogen) atoms. The van der Waals surface area contributed by atoms with Gasteiger partial charge in [0, 0.05) is 0 Å². The summed E-state index contributed by atoms with van der Waals surface area (Å²) in [6, 6.07) is 15.2. The monoisotopic (exact) mass is 184 g/mol. The second kappa shape index (κ2) is 3.83. The minimum atomic E-state index is 0.737. The van der Waals surface area contributed by atoms with Crippen molar-refractivity contribution in [1.29, 1.82) is 0 Å². The molecule has 0 spiro atoms. The Morgan fingerprint density at radius 3 is 2.00 bits per heavy atom. The number of fused-ring (bicyclic) bond motifs is 1. The Morgan fingerprint density at radius 1 is 0.929 bits per heavy atom. The second-order valence-electron chi connectivity index (χ2n) is 4.28. The van der Waals surface area contributed by atoms with Crippen LogP contribution in [0.5, 0.6) is 0 Å². The first kappa shape index (κ1) is 9.26. The Hall–Kier alpha value is -1.30. The predicted molar refractivity (Wildman–Crippen MR) is 61.6 cm³/mol. The molecule has 72 valence electrons. The minimum Gasteiger partial charge on any atom is -0.0625 e. The summed E-state index contributed by atoms with van der Waals surface area (Å²) in [5.41, 5.74) is 4.16. The smallest absolute Gasteiger partial charge is 0.0181 e. The average Bonchev–Trinajstić information content (AvgIpc) is 2.34. The van der Waals surface area contributed by atoms with Crippen LogP contribution in [0.3, 0.4) is 0 Å². The number of hydrogen-bond acceptors (Lipinski definition) is 0. The second-order valence-corrected chi connectivity index (χ2v) is 4.28. The summed E-state index contributed by atoms with van der Waals surface area (Å²) < 4.78 is 0. The molecule has 2 aliphatic carbocycles. The van der Waals surface area contributed by atoms with Crippen molar-refractivity contribution in [2.45, 2.75) is 20.3 Å². The first-order valence-corrected chi connectivity index (χ1v) is 5.23. The molecule has 0 amide bonds. The molecule has 0 aliphatic heterocycles. The molecule has 0 aromatic heterocycles. The highest BCUT2D eigenvalue weighted by atomic mass is 14.1. The van der Waals surface area contributed by atoms with Gasteiger partial charge in [-0.05, 0) is 29.0 Å². The maximum Gasteiger partial charge on any atom is -0.0181 e. The zero-order valence-corrected chi connectivity index (χ0v) is 8.83. The maximum absolute atomic E-state index is 2.30. The summed E-state index contributed by atoms with van der Waals surface area (Å²) in [6.07, 6.45) is 1.18. The lowest BCUT2D eigenvalue weighted by atomic mass is 10.1. The zero-order valence-electron chi connectivity index (χ0n) is 8.83. The Labute approximate surface area is 85.9 Å². The third kappa shape index (κ3) is 1.95. The first-order chi connectivity index (χ1) is 6.75. The molecule has 2 aliphatic rings. The van der Waals surface area contributed by atoms with Crippen LogP contribution in [0.1, 0.15) is 19.4 Å². The molecule has 2 rings (SSSR count). The molecule has 0 heteroatoms. The van der Waals surface area contributed by atoms with Crippen LogP contribution in [-0.4, -0.2) is 0 Å². The Kier molecular flexibility index (Phi) is 2.53. The third-order valence-electron chi connectivity index (χ3n) is 2.43. The normalized spacial score (nSPS) is 11.1. The number of rotatable bonds is 2. The molecule has 0 heterocycles. The lowest BCUT2D eigenvalue weighted by molar-refractivity contribution is 0.648. The topological polar surface area (TPSA) is 0 Å². The van der Waals surface area contributed by atoms with Crippen molar-refractivity contribution >= 4 is 0 Å². The van der Waals surface area contributed by atoms with Crippen molar-refractivity contribution in [3.8, 4) is 11.1 Å². The molecule has 0 unspecified atom stereocenters. The molecule has 0 aromatic carbocycles. The van der Waals surface area contributed by atoms with Crippen LogP contribution < -0.4 is 0 Å². The fourth-order valence-corrected chi connectivity index (χ4v) is 1.87. The molecule has 0 N–H and O–H groups in total. The van der Waals surface area contributed by atoms with E-state index >= 15 is 0 Å². The number of hydrogen-bond donors (Lipinski definition) is 0. The largest absolute Gasteiger partial charge is 0.0625 e. The van der Waals surface area contributed by atoms with E-state index in [9.17, 15) is 0 Å². The van der Waals surface area contributed by atoms with Gasteiger partial charge in [0.05, 0.1) is 0 Å². The van der Waals surface area contributed by atoms with Gasteiger partial charge in [-0.25, -0.2) is 0 Å². The van der Waals surface area contributed by atoms with Crippen molar-refractivity contribution in [3.63, 3.8) is 0 Å². The van der Waals surface area contributed by atoms with Gasteiger partial charge in [0.1, 0.15) is 0 Å². The molecule has 0 saturated heterocycles. The summed E-state index contributed by atoms with van der Waals surface area (Å²) in [4.78, 5) is 0. The summed E-state index contributed by atoms with van der Waals surface area (Å²) in [6.45, 7) is 4.52. The van der Waals surface area contributed by atoms with Crippen molar-refractivity contribution in [1.82, 2.24) is 0 Å². The van der Waals surface area contributed by atoms with Gasteiger partial charge in [0.15, 0.2) is 0 Å². The third-order valence-corrected chi connectivity index (χ3v) is 2.43. The van der Waals surface area contributed by atoms with Gasteiger partial charge in [-0.2, -0.15) is 0 Å². The Bertz CT molecular complexity index is 357. The van der Waals surface area contributed by atoms with E-state index < -0.39 is 0 Å². The van der Waals surface area contributed by atoms with Gasteiger partial charge < -0.3 is 0 Å². The molecule has 0 saturated carbocycles. The van der Waals surface area contributed by atoms with Gasteiger partial charge in [0.2, 0.25) is 0 Å². The zero-order chi connectivity index (χ0) is 9.97.